The summed E-state index contributed by atoms with van der Waals surface area (Å²) < 4.78 is 40.7. The molecule has 0 unspecified atom stereocenters. The first-order valence-corrected chi connectivity index (χ1v) is 24.8. The molecule has 14 heteroatoms. The molecular formula is C62H64O14. The quantitative estimate of drug-likeness (QED) is 0.0356. The molecule has 6 aromatic rings. The molecule has 0 N–H and O–H groups in total. The van der Waals surface area contributed by atoms with Crippen molar-refractivity contribution in [1.82, 2.24) is 0 Å². The van der Waals surface area contributed by atoms with Gasteiger partial charge in [0.05, 0.1) is 14.2 Å². The minimum atomic E-state index is -0.688. The number of esters is 6. The highest BCUT2D eigenvalue weighted by molar-refractivity contribution is 5.95. The van der Waals surface area contributed by atoms with E-state index in [9.17, 15) is 28.8 Å². The van der Waals surface area contributed by atoms with Gasteiger partial charge in [-0.25, -0.2) is 28.8 Å². The maximum Gasteiger partial charge on any atom is 0.336 e. The van der Waals surface area contributed by atoms with Crippen LogP contribution in [0.5, 0.6) is 46.0 Å². The van der Waals surface area contributed by atoms with E-state index in [-0.39, 0.29) is 0 Å². The Morgan fingerprint density at radius 3 is 0.658 bits per heavy atom. The molecule has 0 bridgehead atoms. The van der Waals surface area contributed by atoms with Gasteiger partial charge >= 0.3 is 35.8 Å². The number of hydrogen-bond donors (Lipinski definition) is 0. The van der Waals surface area contributed by atoms with E-state index >= 15 is 0 Å². The number of rotatable bonds is 22. The second-order valence-corrected chi connectivity index (χ2v) is 16.4. The van der Waals surface area contributed by atoms with Crippen LogP contribution in [-0.2, 0) is 54.5 Å². The number of hydrogen-bond acceptors (Lipinski definition) is 14. The van der Waals surface area contributed by atoms with Gasteiger partial charge in [-0.3, -0.25) is 0 Å². The average Bonchev–Trinajstić information content (AvgIpc) is 3.44. The van der Waals surface area contributed by atoms with Gasteiger partial charge in [0, 0.05) is 36.5 Å². The zero-order valence-electron chi connectivity index (χ0n) is 43.7. The summed E-state index contributed by atoms with van der Waals surface area (Å²) in [5, 5.41) is 0. The van der Waals surface area contributed by atoms with Gasteiger partial charge in [0.1, 0.15) is 46.0 Å². The summed E-state index contributed by atoms with van der Waals surface area (Å²) in [5.41, 5.74) is 4.73. The molecule has 6 rings (SSSR count). The Morgan fingerprint density at radius 1 is 0.289 bits per heavy atom. The standard InChI is InChI=1S/C24H28O4.C20H20O4.C18H16O6/c1-3-5-7-19-9-13-21(14-10-19)27-23(25)17-18-24(26)28-22-15-11-20(12-16-22)8-6-4-2;1-3-15-5-9-17(10-6-15)23-19(21)13-14-20(22)24-18-11-7-16(4-2)8-12-18;1-21-13-3-7-15(8-4-13)23-17(19)11-12-18(20)24-16-9-5-14(22-2)6-10-16/h9-18H,3-8H2,1-2H3;5-14H,3-4H2,1-2H3;3-12H,1-2H3/b18-17-;14-13-;12-11-. The van der Waals surface area contributed by atoms with E-state index in [1.807, 2.05) is 62.4 Å². The van der Waals surface area contributed by atoms with Crippen LogP contribution in [0.2, 0.25) is 0 Å². The van der Waals surface area contributed by atoms with Gasteiger partial charge in [-0.05, 0) is 158 Å². The first kappa shape index (κ1) is 59.5. The molecule has 0 radical (unpaired) electrons. The molecule has 0 saturated carbocycles. The monoisotopic (exact) mass is 1030 g/mol. The van der Waals surface area contributed by atoms with Crippen LogP contribution in [-0.4, -0.2) is 50.0 Å². The zero-order chi connectivity index (χ0) is 54.9. The number of unbranched alkanes of at least 4 members (excludes halogenated alkanes) is 2. The number of methoxy groups -OCH3 is 2. The summed E-state index contributed by atoms with van der Waals surface area (Å²) >= 11 is 0. The maximum absolute atomic E-state index is 11.9. The Hall–Kier alpha value is -9.04. The highest BCUT2D eigenvalue weighted by Crippen LogP contribution is 2.20. The van der Waals surface area contributed by atoms with Crippen molar-refractivity contribution >= 4 is 35.8 Å². The first-order chi connectivity index (χ1) is 36.8. The van der Waals surface area contributed by atoms with Gasteiger partial charge in [-0.15, -0.1) is 0 Å². The van der Waals surface area contributed by atoms with Crippen LogP contribution in [0.4, 0.5) is 0 Å². The minimum Gasteiger partial charge on any atom is -0.497 e. The lowest BCUT2D eigenvalue weighted by Gasteiger charge is -2.04. The highest BCUT2D eigenvalue weighted by Gasteiger charge is 2.09. The molecule has 0 aromatic heterocycles. The maximum atomic E-state index is 11.9. The zero-order valence-corrected chi connectivity index (χ0v) is 43.7. The molecule has 0 atom stereocenters. The third kappa shape index (κ3) is 23.7. The van der Waals surface area contributed by atoms with Crippen molar-refractivity contribution in [1.29, 1.82) is 0 Å². The Labute approximate surface area is 444 Å². The molecule has 14 nitrogen and oxygen atoms in total. The van der Waals surface area contributed by atoms with E-state index in [2.05, 4.69) is 13.8 Å². The SMILES string of the molecule is CCCCc1ccc(OC(=O)/C=C\C(=O)Oc2ccc(CCCC)cc2)cc1.CCc1ccc(OC(=O)/C=C\C(=O)Oc2ccc(CC)cc2)cc1.COc1ccc(OC(=O)/C=C\C(=O)Oc2ccc(OC)cc2)cc1. The largest absolute Gasteiger partial charge is 0.497 e. The Morgan fingerprint density at radius 2 is 0.474 bits per heavy atom. The van der Waals surface area contributed by atoms with Crippen LogP contribution in [0.25, 0.3) is 0 Å². The van der Waals surface area contributed by atoms with Crippen LogP contribution in [0, 0.1) is 0 Å². The van der Waals surface area contributed by atoms with Crippen molar-refractivity contribution in [2.24, 2.45) is 0 Å². The fourth-order valence-corrected chi connectivity index (χ4v) is 6.39. The lowest BCUT2D eigenvalue weighted by Crippen LogP contribution is -2.08. The van der Waals surface area contributed by atoms with Gasteiger partial charge in [-0.2, -0.15) is 0 Å². The van der Waals surface area contributed by atoms with Crippen molar-refractivity contribution in [2.75, 3.05) is 14.2 Å². The normalized spacial score (nSPS) is 10.6. The van der Waals surface area contributed by atoms with Crippen LogP contribution < -0.4 is 37.9 Å². The topological polar surface area (TPSA) is 176 Å². The van der Waals surface area contributed by atoms with E-state index in [4.69, 9.17) is 37.9 Å². The molecule has 76 heavy (non-hydrogen) atoms. The second-order valence-electron chi connectivity index (χ2n) is 16.4. The number of ether oxygens (including phenoxy) is 8. The molecule has 0 fully saturated rings. The van der Waals surface area contributed by atoms with E-state index < -0.39 is 35.8 Å². The molecule has 0 spiro atoms. The minimum absolute atomic E-state index is 0.342. The number of carbonyl (C=O) groups excluding carboxylic acids is 6. The average molecular weight is 1030 g/mol. The highest BCUT2D eigenvalue weighted by atomic mass is 16.6. The lowest BCUT2D eigenvalue weighted by atomic mass is 10.1. The molecule has 0 heterocycles. The van der Waals surface area contributed by atoms with Crippen molar-refractivity contribution in [3.8, 4) is 46.0 Å². The summed E-state index contributed by atoms with van der Waals surface area (Å²) in [4.78, 5) is 70.4. The third-order valence-corrected chi connectivity index (χ3v) is 10.6. The van der Waals surface area contributed by atoms with Gasteiger partial charge < -0.3 is 37.9 Å². The Kier molecular flexibility index (Phi) is 26.3. The third-order valence-electron chi connectivity index (χ3n) is 10.6. The molecule has 396 valence electrons. The number of carbonyl (C=O) groups is 6. The predicted octanol–water partition coefficient (Wildman–Crippen LogP) is 12.1. The van der Waals surface area contributed by atoms with Crippen LogP contribution in [0.3, 0.4) is 0 Å². The molecule has 0 saturated heterocycles. The summed E-state index contributed by atoms with van der Waals surface area (Å²) in [6.07, 6.45) is 14.6. The molecule has 0 aliphatic rings. The molecule has 0 aliphatic heterocycles. The van der Waals surface area contributed by atoms with E-state index in [0.717, 1.165) is 98.9 Å². The van der Waals surface area contributed by atoms with E-state index in [1.54, 1.807) is 97.1 Å². The van der Waals surface area contributed by atoms with Gasteiger partial charge in [0.25, 0.3) is 0 Å². The summed E-state index contributed by atoms with van der Waals surface area (Å²) in [7, 11) is 3.08. The number of benzene rings is 6. The van der Waals surface area contributed by atoms with Gasteiger partial charge in [0.15, 0.2) is 0 Å². The summed E-state index contributed by atoms with van der Waals surface area (Å²) in [6.45, 7) is 8.39. The van der Waals surface area contributed by atoms with Crippen LogP contribution >= 0.6 is 0 Å². The second kappa shape index (κ2) is 33.6. The van der Waals surface area contributed by atoms with Crippen LogP contribution in [0.15, 0.2) is 182 Å². The molecular weight excluding hydrogens is 969 g/mol. The van der Waals surface area contributed by atoms with E-state index in [0.29, 0.717) is 46.0 Å². The predicted molar refractivity (Wildman–Crippen MR) is 289 cm³/mol. The summed E-state index contributed by atoms with van der Waals surface area (Å²) in [6, 6.07) is 42.2. The Bertz CT molecular complexity index is 2500. The fourth-order valence-electron chi connectivity index (χ4n) is 6.39. The van der Waals surface area contributed by atoms with Crippen molar-refractivity contribution in [2.45, 2.75) is 79.1 Å². The summed E-state index contributed by atoms with van der Waals surface area (Å²) in [5.74, 6) is -0.118. The molecule has 0 aliphatic carbocycles. The van der Waals surface area contributed by atoms with Crippen molar-refractivity contribution < 1.29 is 66.7 Å². The molecule has 0 amide bonds. The lowest BCUT2D eigenvalue weighted by molar-refractivity contribution is -0.131. The van der Waals surface area contributed by atoms with Crippen molar-refractivity contribution in [3.05, 3.63) is 204 Å². The van der Waals surface area contributed by atoms with E-state index in [1.165, 1.54) is 25.3 Å². The van der Waals surface area contributed by atoms with Crippen molar-refractivity contribution in [3.63, 3.8) is 0 Å². The fraction of sp³-hybridized carbons (Fsp3) is 0.226. The van der Waals surface area contributed by atoms with Gasteiger partial charge in [-0.1, -0.05) is 89.1 Å². The Balaban J connectivity index is 0.000000247. The molecule has 6 aromatic carbocycles. The smallest absolute Gasteiger partial charge is 0.336 e. The first-order valence-electron chi connectivity index (χ1n) is 24.8. The van der Waals surface area contributed by atoms with Gasteiger partial charge in [0.2, 0.25) is 0 Å². The van der Waals surface area contributed by atoms with Crippen LogP contribution in [0.1, 0.15) is 75.6 Å². The number of aryl methyl sites for hydroxylation is 4.